The number of thioether (sulfide) groups is 1. The molecule has 4 nitrogen and oxygen atoms in total. The molecule has 2 aliphatic rings. The van der Waals surface area contributed by atoms with Gasteiger partial charge in [-0.2, -0.15) is 11.8 Å². The first-order valence-corrected chi connectivity index (χ1v) is 11.1. The molecule has 0 saturated carbocycles. The van der Waals surface area contributed by atoms with E-state index in [9.17, 15) is 4.79 Å². The molecule has 2 fully saturated rings. The number of ether oxygens (including phenoxy) is 1. The molecule has 0 aliphatic carbocycles. The van der Waals surface area contributed by atoms with E-state index < -0.39 is 0 Å². The summed E-state index contributed by atoms with van der Waals surface area (Å²) in [5.74, 6) is 1.16. The maximum atomic E-state index is 12.9. The summed E-state index contributed by atoms with van der Waals surface area (Å²) < 4.78 is 5.41. The van der Waals surface area contributed by atoms with Gasteiger partial charge in [-0.25, -0.2) is 0 Å². The Morgan fingerprint density at radius 3 is 2.58 bits per heavy atom. The van der Waals surface area contributed by atoms with Crippen LogP contribution in [0, 0.1) is 0 Å². The molecule has 1 amide bonds. The van der Waals surface area contributed by atoms with E-state index in [1.165, 1.54) is 10.6 Å². The third-order valence-electron chi connectivity index (χ3n) is 4.98. The Morgan fingerprint density at radius 1 is 1.04 bits per heavy atom. The maximum Gasteiger partial charge on any atom is 0.253 e. The van der Waals surface area contributed by atoms with Crippen LogP contribution in [0.15, 0.2) is 41.8 Å². The van der Waals surface area contributed by atoms with Crippen molar-refractivity contribution >= 4 is 34.7 Å². The smallest absolute Gasteiger partial charge is 0.253 e. The molecule has 26 heavy (non-hydrogen) atoms. The third-order valence-corrected chi connectivity index (χ3v) is 7.43. The van der Waals surface area contributed by atoms with Gasteiger partial charge in [0, 0.05) is 53.3 Å². The van der Waals surface area contributed by atoms with E-state index in [1.807, 2.05) is 40.1 Å². The van der Waals surface area contributed by atoms with Crippen LogP contribution in [0.3, 0.4) is 0 Å². The number of hydrogen-bond donors (Lipinski definition) is 0. The molecule has 1 unspecified atom stereocenters. The van der Waals surface area contributed by atoms with Gasteiger partial charge in [0.15, 0.2) is 0 Å². The number of carbonyl (C=O) groups excluding carboxylic acids is 1. The van der Waals surface area contributed by atoms with Gasteiger partial charge in [-0.3, -0.25) is 4.79 Å². The molecule has 0 bridgehead atoms. The first kappa shape index (κ1) is 17.9. The summed E-state index contributed by atoms with van der Waals surface area (Å²) in [5, 5.41) is 2.66. The average molecular weight is 389 g/mol. The summed E-state index contributed by atoms with van der Waals surface area (Å²) in [5.41, 5.74) is 1.97. The van der Waals surface area contributed by atoms with Crippen LogP contribution in [0.25, 0.3) is 0 Å². The van der Waals surface area contributed by atoms with Crippen molar-refractivity contribution in [2.24, 2.45) is 0 Å². The highest BCUT2D eigenvalue weighted by molar-refractivity contribution is 7.99. The Morgan fingerprint density at radius 2 is 1.85 bits per heavy atom. The van der Waals surface area contributed by atoms with Crippen molar-refractivity contribution in [2.45, 2.75) is 11.7 Å². The van der Waals surface area contributed by atoms with Gasteiger partial charge in [-0.15, -0.1) is 11.3 Å². The van der Waals surface area contributed by atoms with Gasteiger partial charge in [-0.1, -0.05) is 6.07 Å². The van der Waals surface area contributed by atoms with Crippen molar-refractivity contribution in [1.82, 2.24) is 4.90 Å². The zero-order chi connectivity index (χ0) is 17.8. The lowest BCUT2D eigenvalue weighted by Gasteiger charge is -2.29. The summed E-state index contributed by atoms with van der Waals surface area (Å²) in [4.78, 5) is 18.7. The number of morpholine rings is 1. The molecule has 0 spiro atoms. The predicted molar refractivity (Wildman–Crippen MR) is 110 cm³/mol. The quantitative estimate of drug-likeness (QED) is 0.798. The summed E-state index contributed by atoms with van der Waals surface area (Å²) >= 11 is 3.80. The number of thiophene rings is 1. The molecule has 2 aliphatic heterocycles. The molecular formula is C20H24N2O2S2. The largest absolute Gasteiger partial charge is 0.378 e. The Hall–Kier alpha value is -1.50. The fraction of sp³-hybridized carbons (Fsp3) is 0.450. The minimum Gasteiger partial charge on any atom is -0.378 e. The second-order valence-corrected chi connectivity index (χ2v) is 8.89. The minimum absolute atomic E-state index is 0.158. The summed E-state index contributed by atoms with van der Waals surface area (Å²) in [6.45, 7) is 5.05. The molecule has 4 rings (SSSR count). The zero-order valence-electron chi connectivity index (χ0n) is 14.8. The topological polar surface area (TPSA) is 32.8 Å². The number of benzene rings is 1. The lowest BCUT2D eigenvalue weighted by molar-refractivity contribution is 0.0766. The SMILES string of the molecule is O=C(c1ccc(N2CCOCC2)cc1)N1CCSC(c2cccs2)CC1. The second-order valence-electron chi connectivity index (χ2n) is 6.60. The normalized spacial score (nSPS) is 21.5. The molecule has 1 aromatic carbocycles. The minimum atomic E-state index is 0.158. The van der Waals surface area contributed by atoms with Gasteiger partial charge < -0.3 is 14.5 Å². The predicted octanol–water partition coefficient (Wildman–Crippen LogP) is 3.91. The van der Waals surface area contributed by atoms with E-state index in [2.05, 4.69) is 34.5 Å². The zero-order valence-corrected chi connectivity index (χ0v) is 16.4. The highest BCUT2D eigenvalue weighted by Gasteiger charge is 2.23. The van der Waals surface area contributed by atoms with Crippen molar-refractivity contribution < 1.29 is 9.53 Å². The number of carbonyl (C=O) groups is 1. The lowest BCUT2D eigenvalue weighted by atomic mass is 10.1. The molecule has 1 atom stereocenters. The van der Waals surface area contributed by atoms with Crippen molar-refractivity contribution in [3.05, 3.63) is 52.2 Å². The third kappa shape index (κ3) is 4.08. The van der Waals surface area contributed by atoms with E-state index in [1.54, 1.807) is 0 Å². The summed E-state index contributed by atoms with van der Waals surface area (Å²) in [7, 11) is 0. The van der Waals surface area contributed by atoms with Gasteiger partial charge in [0.1, 0.15) is 0 Å². The van der Waals surface area contributed by atoms with Gasteiger partial charge in [0.05, 0.1) is 13.2 Å². The van der Waals surface area contributed by atoms with E-state index in [0.29, 0.717) is 5.25 Å². The fourth-order valence-corrected chi connectivity index (χ4v) is 5.73. The van der Waals surface area contributed by atoms with Gasteiger partial charge in [-0.05, 0) is 42.1 Å². The Kier molecular flexibility index (Phi) is 5.82. The van der Waals surface area contributed by atoms with E-state index in [4.69, 9.17) is 4.74 Å². The van der Waals surface area contributed by atoms with E-state index in [0.717, 1.165) is 57.1 Å². The molecule has 138 valence electrons. The second kappa shape index (κ2) is 8.46. The summed E-state index contributed by atoms with van der Waals surface area (Å²) in [6, 6.07) is 12.4. The average Bonchev–Trinajstić information content (AvgIpc) is 3.13. The molecule has 1 aromatic heterocycles. The molecule has 0 N–H and O–H groups in total. The number of rotatable bonds is 3. The van der Waals surface area contributed by atoms with E-state index >= 15 is 0 Å². The number of hydrogen-bond acceptors (Lipinski definition) is 5. The van der Waals surface area contributed by atoms with Crippen molar-refractivity contribution in [3.8, 4) is 0 Å². The molecule has 2 aromatic rings. The van der Waals surface area contributed by atoms with Crippen LogP contribution < -0.4 is 4.90 Å². The van der Waals surface area contributed by atoms with Crippen LogP contribution in [0.4, 0.5) is 5.69 Å². The Balaban J connectivity index is 1.39. The van der Waals surface area contributed by atoms with Crippen LogP contribution in [-0.4, -0.2) is 56.0 Å². The van der Waals surface area contributed by atoms with Crippen molar-refractivity contribution in [2.75, 3.05) is 50.0 Å². The fourth-order valence-electron chi connectivity index (χ4n) is 3.49. The van der Waals surface area contributed by atoms with Crippen LogP contribution in [0.5, 0.6) is 0 Å². The summed E-state index contributed by atoms with van der Waals surface area (Å²) in [6.07, 6.45) is 1.03. The molecular weight excluding hydrogens is 364 g/mol. The standard InChI is InChI=1S/C20H24N2O2S2/c23-20(16-3-5-17(6-4-16)21-9-12-24-13-10-21)22-8-7-19(26-15-11-22)18-2-1-14-25-18/h1-6,14,19H,7-13,15H2. The van der Waals surface area contributed by atoms with Crippen molar-refractivity contribution in [3.63, 3.8) is 0 Å². The molecule has 6 heteroatoms. The molecule has 0 radical (unpaired) electrons. The van der Waals surface area contributed by atoms with Crippen LogP contribution in [0.1, 0.15) is 26.9 Å². The van der Waals surface area contributed by atoms with Crippen LogP contribution in [-0.2, 0) is 4.74 Å². The van der Waals surface area contributed by atoms with Crippen molar-refractivity contribution in [1.29, 1.82) is 0 Å². The van der Waals surface area contributed by atoms with E-state index in [-0.39, 0.29) is 5.91 Å². The van der Waals surface area contributed by atoms with Crippen LogP contribution >= 0.6 is 23.1 Å². The number of amides is 1. The van der Waals surface area contributed by atoms with Gasteiger partial charge >= 0.3 is 0 Å². The highest BCUT2D eigenvalue weighted by atomic mass is 32.2. The first-order valence-electron chi connectivity index (χ1n) is 9.18. The monoisotopic (exact) mass is 388 g/mol. The van der Waals surface area contributed by atoms with Crippen LogP contribution in [0.2, 0.25) is 0 Å². The highest BCUT2D eigenvalue weighted by Crippen LogP contribution is 2.36. The maximum absolute atomic E-state index is 12.9. The van der Waals surface area contributed by atoms with Gasteiger partial charge in [0.25, 0.3) is 5.91 Å². The molecule has 2 saturated heterocycles. The lowest BCUT2D eigenvalue weighted by Crippen LogP contribution is -2.36. The Bertz CT molecular complexity index is 712. The Labute approximate surface area is 163 Å². The number of anilines is 1. The number of nitrogens with zero attached hydrogens (tertiary/aromatic N) is 2. The molecule has 3 heterocycles. The van der Waals surface area contributed by atoms with Gasteiger partial charge in [0.2, 0.25) is 0 Å². The first-order chi connectivity index (χ1) is 12.8.